The van der Waals surface area contributed by atoms with Gasteiger partial charge < -0.3 is 9.67 Å². The molecule has 1 rings (SSSR count). The van der Waals surface area contributed by atoms with E-state index in [1.807, 2.05) is 13.0 Å². The Hall–Kier alpha value is -1.83. The molecule has 0 fully saturated rings. The number of rotatable bonds is 4. The van der Waals surface area contributed by atoms with Crippen LogP contribution < -0.4 is 0 Å². The Morgan fingerprint density at radius 1 is 1.86 bits per heavy atom. The van der Waals surface area contributed by atoms with E-state index in [9.17, 15) is 4.79 Å². The number of hydrogen-bond donors (Lipinski definition) is 1. The third-order valence-corrected chi connectivity index (χ3v) is 1.95. The van der Waals surface area contributed by atoms with Crippen LogP contribution in [0.1, 0.15) is 31.6 Å². The van der Waals surface area contributed by atoms with E-state index in [-0.39, 0.29) is 5.82 Å². The maximum atomic E-state index is 10.9. The van der Waals surface area contributed by atoms with Crippen LogP contribution in [0.5, 0.6) is 0 Å². The summed E-state index contributed by atoms with van der Waals surface area (Å²) < 4.78 is 1.39. The van der Waals surface area contributed by atoms with Crippen molar-refractivity contribution in [2.24, 2.45) is 0 Å². The van der Waals surface area contributed by atoms with Crippen molar-refractivity contribution in [1.82, 2.24) is 9.55 Å². The maximum absolute atomic E-state index is 10.9. The van der Waals surface area contributed by atoms with Gasteiger partial charge in [-0.05, 0) is 6.42 Å². The number of imidazole rings is 1. The van der Waals surface area contributed by atoms with Crippen molar-refractivity contribution >= 4 is 5.97 Å². The molecule has 0 radical (unpaired) electrons. The lowest BCUT2D eigenvalue weighted by molar-refractivity contribution is -0.141. The molecule has 1 heterocycles. The van der Waals surface area contributed by atoms with E-state index in [1.54, 1.807) is 0 Å². The van der Waals surface area contributed by atoms with Crippen LogP contribution in [0.2, 0.25) is 0 Å². The van der Waals surface area contributed by atoms with Gasteiger partial charge in [-0.3, -0.25) is 0 Å². The van der Waals surface area contributed by atoms with Gasteiger partial charge in [-0.25, -0.2) is 9.78 Å². The summed E-state index contributed by atoms with van der Waals surface area (Å²) in [4.78, 5) is 14.7. The standard InChI is InChI=1S/C9H11N3O2/c1-2-3-7(9(13)14)12-5-4-11-8(12)6-10/h4-5,7H,2-3H2,1H3,(H,13,14). The second-order valence-corrected chi connectivity index (χ2v) is 2.91. The first-order valence-electron chi connectivity index (χ1n) is 4.36. The van der Waals surface area contributed by atoms with E-state index in [0.29, 0.717) is 6.42 Å². The normalized spacial score (nSPS) is 12.0. The summed E-state index contributed by atoms with van der Waals surface area (Å²) in [5, 5.41) is 17.6. The number of carbonyl (C=O) groups is 1. The number of carboxylic acids is 1. The van der Waals surface area contributed by atoms with Gasteiger partial charge in [0, 0.05) is 12.4 Å². The van der Waals surface area contributed by atoms with Gasteiger partial charge in [-0.1, -0.05) is 13.3 Å². The van der Waals surface area contributed by atoms with E-state index in [4.69, 9.17) is 10.4 Å². The van der Waals surface area contributed by atoms with Crippen LogP contribution >= 0.6 is 0 Å². The Labute approximate surface area is 81.6 Å². The Kier molecular flexibility index (Phi) is 3.24. The molecule has 14 heavy (non-hydrogen) atoms. The summed E-state index contributed by atoms with van der Waals surface area (Å²) in [7, 11) is 0. The molecule has 0 amide bonds. The highest BCUT2D eigenvalue weighted by Crippen LogP contribution is 2.15. The lowest BCUT2D eigenvalue weighted by Crippen LogP contribution is -2.19. The first-order chi connectivity index (χ1) is 6.70. The van der Waals surface area contributed by atoms with Crippen molar-refractivity contribution < 1.29 is 9.90 Å². The topological polar surface area (TPSA) is 78.9 Å². The van der Waals surface area contributed by atoms with E-state index < -0.39 is 12.0 Å². The number of aromatic nitrogens is 2. The Balaban J connectivity index is 2.99. The second kappa shape index (κ2) is 4.42. The fourth-order valence-electron chi connectivity index (χ4n) is 1.31. The molecule has 0 aliphatic heterocycles. The molecule has 74 valence electrons. The maximum Gasteiger partial charge on any atom is 0.326 e. The largest absolute Gasteiger partial charge is 0.480 e. The average Bonchev–Trinajstić information content (AvgIpc) is 2.61. The third-order valence-electron chi connectivity index (χ3n) is 1.95. The van der Waals surface area contributed by atoms with Gasteiger partial charge >= 0.3 is 5.97 Å². The molecule has 0 aliphatic carbocycles. The molecule has 1 N–H and O–H groups in total. The van der Waals surface area contributed by atoms with E-state index in [2.05, 4.69) is 4.98 Å². The first-order valence-corrected chi connectivity index (χ1v) is 4.36. The number of aliphatic carboxylic acids is 1. The number of nitriles is 1. The molecule has 5 nitrogen and oxygen atoms in total. The van der Waals surface area contributed by atoms with Crippen molar-refractivity contribution in [2.45, 2.75) is 25.8 Å². The van der Waals surface area contributed by atoms with Crippen LogP contribution in [0.25, 0.3) is 0 Å². The lowest BCUT2D eigenvalue weighted by Gasteiger charge is -2.12. The lowest BCUT2D eigenvalue weighted by atomic mass is 10.1. The molecule has 0 saturated carbocycles. The van der Waals surface area contributed by atoms with Gasteiger partial charge in [0.2, 0.25) is 5.82 Å². The van der Waals surface area contributed by atoms with E-state index in [1.165, 1.54) is 17.0 Å². The zero-order valence-corrected chi connectivity index (χ0v) is 7.84. The average molecular weight is 193 g/mol. The van der Waals surface area contributed by atoms with Crippen LogP contribution in [-0.4, -0.2) is 20.6 Å². The van der Waals surface area contributed by atoms with E-state index in [0.717, 1.165) is 6.42 Å². The van der Waals surface area contributed by atoms with Crippen molar-refractivity contribution in [3.05, 3.63) is 18.2 Å². The molecule has 1 aromatic heterocycles. The predicted octanol–water partition coefficient (Wildman–Crippen LogP) is 1.18. The SMILES string of the molecule is CCCC(C(=O)O)n1ccnc1C#N. The van der Waals surface area contributed by atoms with Crippen molar-refractivity contribution in [1.29, 1.82) is 5.26 Å². The monoisotopic (exact) mass is 193 g/mol. The number of nitrogens with zero attached hydrogens (tertiary/aromatic N) is 3. The minimum Gasteiger partial charge on any atom is -0.480 e. The van der Waals surface area contributed by atoms with Gasteiger partial charge in [-0.2, -0.15) is 5.26 Å². The summed E-state index contributed by atoms with van der Waals surface area (Å²) in [6.07, 6.45) is 4.21. The van der Waals surface area contributed by atoms with Crippen LogP contribution in [0.3, 0.4) is 0 Å². The summed E-state index contributed by atoms with van der Waals surface area (Å²) in [6.45, 7) is 1.90. The molecule has 0 bridgehead atoms. The highest BCUT2D eigenvalue weighted by atomic mass is 16.4. The van der Waals surface area contributed by atoms with Gasteiger partial charge in [0.25, 0.3) is 0 Å². The Morgan fingerprint density at radius 3 is 3.07 bits per heavy atom. The predicted molar refractivity (Wildman–Crippen MR) is 48.5 cm³/mol. The highest BCUT2D eigenvalue weighted by molar-refractivity contribution is 5.72. The number of carboxylic acid groups (broad SMARTS) is 1. The fraction of sp³-hybridized carbons (Fsp3) is 0.444. The third kappa shape index (κ3) is 1.91. The smallest absolute Gasteiger partial charge is 0.326 e. The summed E-state index contributed by atoms with van der Waals surface area (Å²) >= 11 is 0. The minimum absolute atomic E-state index is 0.144. The van der Waals surface area contributed by atoms with Crippen molar-refractivity contribution in [3.63, 3.8) is 0 Å². The van der Waals surface area contributed by atoms with E-state index >= 15 is 0 Å². The number of hydrogen-bond acceptors (Lipinski definition) is 3. The van der Waals surface area contributed by atoms with Crippen LogP contribution in [0.15, 0.2) is 12.4 Å². The van der Waals surface area contributed by atoms with Gasteiger partial charge in [0.1, 0.15) is 12.1 Å². The molecular formula is C9H11N3O2. The van der Waals surface area contributed by atoms with Gasteiger partial charge in [0.05, 0.1) is 0 Å². The summed E-state index contributed by atoms with van der Waals surface area (Å²) in [6, 6.07) is 1.17. The molecule has 0 aromatic carbocycles. The Bertz CT molecular complexity index is 364. The molecule has 1 unspecified atom stereocenters. The van der Waals surface area contributed by atoms with Gasteiger partial charge in [0.15, 0.2) is 0 Å². The van der Waals surface area contributed by atoms with Crippen molar-refractivity contribution in [3.8, 4) is 6.07 Å². The van der Waals surface area contributed by atoms with Crippen molar-refractivity contribution in [2.75, 3.05) is 0 Å². The Morgan fingerprint density at radius 2 is 2.57 bits per heavy atom. The highest BCUT2D eigenvalue weighted by Gasteiger charge is 2.20. The zero-order chi connectivity index (χ0) is 10.6. The first kappa shape index (κ1) is 10.3. The zero-order valence-electron chi connectivity index (χ0n) is 7.84. The molecule has 0 saturated heterocycles. The summed E-state index contributed by atoms with van der Waals surface area (Å²) in [5.74, 6) is -0.785. The molecule has 0 spiro atoms. The van der Waals surface area contributed by atoms with Crippen LogP contribution in [0, 0.1) is 11.3 Å². The van der Waals surface area contributed by atoms with Crippen LogP contribution in [-0.2, 0) is 4.79 Å². The summed E-state index contributed by atoms with van der Waals surface area (Å²) in [5.41, 5.74) is 0. The molecule has 1 aromatic rings. The van der Waals surface area contributed by atoms with Gasteiger partial charge in [-0.15, -0.1) is 0 Å². The molecule has 0 aliphatic rings. The quantitative estimate of drug-likeness (QED) is 0.778. The minimum atomic E-state index is -0.929. The van der Waals surface area contributed by atoms with Crippen LogP contribution in [0.4, 0.5) is 0 Å². The molecule has 1 atom stereocenters. The second-order valence-electron chi connectivity index (χ2n) is 2.91. The molecule has 5 heteroatoms. The fourth-order valence-corrected chi connectivity index (χ4v) is 1.31. The molecular weight excluding hydrogens is 182 g/mol.